The van der Waals surface area contributed by atoms with Crippen LogP contribution in [0, 0.1) is 0 Å². The number of alkyl halides is 3. The van der Waals surface area contributed by atoms with E-state index in [1.807, 2.05) is 0 Å². The molecule has 16 heavy (non-hydrogen) atoms. The van der Waals surface area contributed by atoms with Crippen molar-refractivity contribution in [1.82, 2.24) is 4.98 Å². The Balaban J connectivity index is 2.13. The Morgan fingerprint density at radius 3 is 2.56 bits per heavy atom. The molecule has 0 unspecified atom stereocenters. The molecule has 0 bridgehead atoms. The first kappa shape index (κ1) is 11.2. The molecule has 0 aromatic carbocycles. The lowest BCUT2D eigenvalue weighted by atomic mass is 10.3. The highest BCUT2D eigenvalue weighted by atomic mass is 32.1. The van der Waals surface area contributed by atoms with Gasteiger partial charge in [-0.2, -0.15) is 13.2 Å². The molecule has 4 nitrogen and oxygen atoms in total. The summed E-state index contributed by atoms with van der Waals surface area (Å²) in [5.74, 6) is -1.19. The standard InChI is InChI=1S/C8H7F3N2O2S/c9-8(10,11)7(1-2-7)13-6-12-3-4(16-6)5(14)15/h3H,1-2H2,(H,12,13)(H,14,15). The molecule has 0 radical (unpaired) electrons. The van der Waals surface area contributed by atoms with Gasteiger partial charge in [0.2, 0.25) is 0 Å². The number of carbonyl (C=O) groups is 1. The molecule has 1 aromatic heterocycles. The van der Waals surface area contributed by atoms with E-state index in [1.54, 1.807) is 0 Å². The number of aromatic carboxylic acids is 1. The monoisotopic (exact) mass is 252 g/mol. The molecule has 0 saturated heterocycles. The molecule has 1 aliphatic carbocycles. The predicted octanol–water partition coefficient (Wildman–Crippen LogP) is 2.35. The first-order chi connectivity index (χ1) is 7.34. The van der Waals surface area contributed by atoms with Crippen molar-refractivity contribution in [2.75, 3.05) is 5.32 Å². The molecule has 0 atom stereocenters. The van der Waals surface area contributed by atoms with Crippen molar-refractivity contribution >= 4 is 22.4 Å². The predicted molar refractivity (Wildman–Crippen MR) is 50.7 cm³/mol. The van der Waals surface area contributed by atoms with Crippen LogP contribution in [0.2, 0.25) is 0 Å². The van der Waals surface area contributed by atoms with Gasteiger partial charge in [-0.1, -0.05) is 11.3 Å². The maximum atomic E-state index is 12.5. The van der Waals surface area contributed by atoms with Crippen LogP contribution in [0.4, 0.5) is 18.3 Å². The highest BCUT2D eigenvalue weighted by molar-refractivity contribution is 7.17. The van der Waals surface area contributed by atoms with E-state index >= 15 is 0 Å². The zero-order valence-corrected chi connectivity index (χ0v) is 8.65. The van der Waals surface area contributed by atoms with Crippen LogP contribution in [-0.4, -0.2) is 27.8 Å². The molecular weight excluding hydrogens is 245 g/mol. The quantitative estimate of drug-likeness (QED) is 0.866. The van der Waals surface area contributed by atoms with Crippen molar-refractivity contribution in [3.8, 4) is 0 Å². The van der Waals surface area contributed by atoms with Crippen LogP contribution in [0.25, 0.3) is 0 Å². The van der Waals surface area contributed by atoms with E-state index in [9.17, 15) is 18.0 Å². The molecule has 2 N–H and O–H groups in total. The van der Waals surface area contributed by atoms with Crippen molar-refractivity contribution < 1.29 is 23.1 Å². The topological polar surface area (TPSA) is 62.2 Å². The van der Waals surface area contributed by atoms with Gasteiger partial charge >= 0.3 is 12.1 Å². The van der Waals surface area contributed by atoms with E-state index in [0.717, 1.165) is 6.20 Å². The number of halogens is 3. The average Bonchev–Trinajstić information content (AvgIpc) is 2.76. The van der Waals surface area contributed by atoms with Gasteiger partial charge < -0.3 is 10.4 Å². The fourth-order valence-corrected chi connectivity index (χ4v) is 1.99. The highest BCUT2D eigenvalue weighted by Gasteiger charge is 2.63. The lowest BCUT2D eigenvalue weighted by Crippen LogP contribution is -2.38. The third-order valence-corrected chi connectivity index (χ3v) is 3.26. The number of nitrogens with zero attached hydrogens (tertiary/aromatic N) is 1. The number of aromatic nitrogens is 1. The minimum absolute atomic E-state index is 0.00150. The summed E-state index contributed by atoms with van der Waals surface area (Å²) in [6.07, 6.45) is -3.29. The van der Waals surface area contributed by atoms with E-state index in [4.69, 9.17) is 5.11 Å². The maximum Gasteiger partial charge on any atom is 0.411 e. The molecule has 1 saturated carbocycles. The van der Waals surface area contributed by atoms with Crippen molar-refractivity contribution in [1.29, 1.82) is 0 Å². The minimum atomic E-state index is -4.33. The van der Waals surface area contributed by atoms with E-state index < -0.39 is 17.7 Å². The molecule has 0 amide bonds. The molecule has 1 aromatic rings. The number of rotatable bonds is 3. The summed E-state index contributed by atoms with van der Waals surface area (Å²) in [7, 11) is 0. The second-order valence-corrected chi connectivity index (χ2v) is 4.57. The number of carboxylic acids is 1. The Morgan fingerprint density at radius 1 is 1.56 bits per heavy atom. The maximum absolute atomic E-state index is 12.5. The van der Waals surface area contributed by atoms with Crippen LogP contribution in [0.5, 0.6) is 0 Å². The van der Waals surface area contributed by atoms with Gasteiger partial charge in [-0.25, -0.2) is 9.78 Å². The number of thiazole rings is 1. The fraction of sp³-hybridized carbons (Fsp3) is 0.500. The fourth-order valence-electron chi connectivity index (χ4n) is 1.24. The van der Waals surface area contributed by atoms with Gasteiger partial charge in [0.05, 0.1) is 6.20 Å². The van der Waals surface area contributed by atoms with Crippen molar-refractivity contribution in [2.24, 2.45) is 0 Å². The van der Waals surface area contributed by atoms with Crippen LogP contribution in [0.1, 0.15) is 22.5 Å². The summed E-state index contributed by atoms with van der Waals surface area (Å²) in [4.78, 5) is 14.0. The van der Waals surface area contributed by atoms with Crippen LogP contribution < -0.4 is 5.32 Å². The van der Waals surface area contributed by atoms with Gasteiger partial charge in [0, 0.05) is 0 Å². The number of hydrogen-bond acceptors (Lipinski definition) is 4. The molecule has 0 spiro atoms. The number of anilines is 1. The molecular formula is C8H7F3N2O2S. The van der Waals surface area contributed by atoms with Gasteiger partial charge in [0.1, 0.15) is 10.4 Å². The Hall–Kier alpha value is -1.31. The average molecular weight is 252 g/mol. The summed E-state index contributed by atoms with van der Waals surface area (Å²) in [6, 6.07) is 0. The molecule has 1 heterocycles. The van der Waals surface area contributed by atoms with E-state index in [2.05, 4.69) is 10.3 Å². The third-order valence-electron chi connectivity index (χ3n) is 2.36. The van der Waals surface area contributed by atoms with Crippen molar-refractivity contribution in [3.05, 3.63) is 11.1 Å². The van der Waals surface area contributed by atoms with Gasteiger partial charge in [-0.3, -0.25) is 0 Å². The summed E-state index contributed by atoms with van der Waals surface area (Å²) >= 11 is 0.702. The summed E-state index contributed by atoms with van der Waals surface area (Å²) in [5.41, 5.74) is -1.90. The summed E-state index contributed by atoms with van der Waals surface area (Å²) < 4.78 is 37.6. The zero-order valence-electron chi connectivity index (χ0n) is 7.84. The molecule has 88 valence electrons. The number of hydrogen-bond donors (Lipinski definition) is 2. The Kier molecular flexibility index (Phi) is 2.33. The molecule has 2 rings (SSSR count). The zero-order chi connectivity index (χ0) is 12.0. The smallest absolute Gasteiger partial charge is 0.411 e. The van der Waals surface area contributed by atoms with Crippen LogP contribution in [-0.2, 0) is 0 Å². The summed E-state index contributed by atoms with van der Waals surface area (Å²) in [5, 5.41) is 10.8. The van der Waals surface area contributed by atoms with Crippen molar-refractivity contribution in [3.63, 3.8) is 0 Å². The Labute approximate surface area is 92.1 Å². The van der Waals surface area contributed by atoms with E-state index in [0.29, 0.717) is 11.3 Å². The van der Waals surface area contributed by atoms with Crippen molar-refractivity contribution in [2.45, 2.75) is 24.6 Å². The van der Waals surface area contributed by atoms with Crippen LogP contribution in [0.15, 0.2) is 6.20 Å². The Bertz CT molecular complexity index is 425. The van der Waals surface area contributed by atoms with Crippen LogP contribution >= 0.6 is 11.3 Å². The SMILES string of the molecule is O=C(O)c1cnc(NC2(C(F)(F)F)CC2)s1. The minimum Gasteiger partial charge on any atom is -0.477 e. The second-order valence-electron chi connectivity index (χ2n) is 3.54. The highest BCUT2D eigenvalue weighted by Crippen LogP contribution is 2.51. The van der Waals surface area contributed by atoms with E-state index in [-0.39, 0.29) is 22.9 Å². The Morgan fingerprint density at radius 2 is 2.19 bits per heavy atom. The van der Waals surface area contributed by atoms with Gasteiger partial charge in [-0.15, -0.1) is 0 Å². The molecule has 8 heteroatoms. The third kappa shape index (κ3) is 1.84. The normalized spacial score (nSPS) is 18.2. The number of carboxylic acid groups (broad SMARTS) is 1. The van der Waals surface area contributed by atoms with E-state index in [1.165, 1.54) is 0 Å². The van der Waals surface area contributed by atoms with Gasteiger partial charge in [0.15, 0.2) is 5.13 Å². The second kappa shape index (κ2) is 3.34. The summed E-state index contributed by atoms with van der Waals surface area (Å²) in [6.45, 7) is 0. The molecule has 1 fully saturated rings. The largest absolute Gasteiger partial charge is 0.477 e. The first-order valence-electron chi connectivity index (χ1n) is 4.38. The number of nitrogens with one attached hydrogen (secondary N) is 1. The lowest BCUT2D eigenvalue weighted by Gasteiger charge is -2.19. The lowest BCUT2D eigenvalue weighted by molar-refractivity contribution is -0.151. The van der Waals surface area contributed by atoms with Crippen LogP contribution in [0.3, 0.4) is 0 Å². The van der Waals surface area contributed by atoms with Gasteiger partial charge in [-0.05, 0) is 12.8 Å². The first-order valence-corrected chi connectivity index (χ1v) is 5.20. The molecule has 1 aliphatic rings. The molecule has 0 aliphatic heterocycles. The van der Waals surface area contributed by atoms with Gasteiger partial charge in [0.25, 0.3) is 0 Å².